The minimum absolute atomic E-state index is 0.269. The molecule has 0 aromatic carbocycles. The lowest BCUT2D eigenvalue weighted by molar-refractivity contribution is -0.0851. The summed E-state index contributed by atoms with van der Waals surface area (Å²) in [7, 11) is 0. The van der Waals surface area contributed by atoms with Gasteiger partial charge in [-0.25, -0.2) is 0 Å². The highest BCUT2D eigenvalue weighted by atomic mass is 16.5. The van der Waals surface area contributed by atoms with Crippen LogP contribution in [0.4, 0.5) is 0 Å². The van der Waals surface area contributed by atoms with Crippen LogP contribution in [0, 0.1) is 5.92 Å². The summed E-state index contributed by atoms with van der Waals surface area (Å²) in [5.41, 5.74) is 0.269. The van der Waals surface area contributed by atoms with Crippen molar-refractivity contribution in [1.29, 1.82) is 0 Å². The molecule has 0 aromatic rings. The second-order valence-electron chi connectivity index (χ2n) is 6.93. The third-order valence-corrected chi connectivity index (χ3v) is 5.61. The van der Waals surface area contributed by atoms with Crippen molar-refractivity contribution in [1.82, 2.24) is 5.32 Å². The Morgan fingerprint density at radius 1 is 1.06 bits per heavy atom. The van der Waals surface area contributed by atoms with Crippen molar-refractivity contribution in [2.75, 3.05) is 6.61 Å². The molecular weight excluding hydrogens is 222 g/mol. The molecule has 1 spiro atoms. The van der Waals surface area contributed by atoms with Crippen LogP contribution in [0.2, 0.25) is 0 Å². The molecule has 3 fully saturated rings. The average molecular weight is 251 g/mol. The molecule has 18 heavy (non-hydrogen) atoms. The van der Waals surface area contributed by atoms with Crippen molar-refractivity contribution in [3.05, 3.63) is 0 Å². The Morgan fingerprint density at radius 3 is 2.50 bits per heavy atom. The lowest BCUT2D eigenvalue weighted by Crippen LogP contribution is -2.49. The molecule has 2 nitrogen and oxygen atoms in total. The minimum Gasteiger partial charge on any atom is -0.375 e. The molecule has 0 bridgehead atoms. The first-order valence-electron chi connectivity index (χ1n) is 8.17. The van der Waals surface area contributed by atoms with Crippen LogP contribution in [0.3, 0.4) is 0 Å². The summed E-state index contributed by atoms with van der Waals surface area (Å²) in [6.45, 7) is 3.39. The highest BCUT2D eigenvalue weighted by Gasteiger charge is 2.40. The van der Waals surface area contributed by atoms with E-state index in [0.29, 0.717) is 12.1 Å². The number of ether oxygens (including phenoxy) is 1. The smallest absolute Gasteiger partial charge is 0.0697 e. The molecule has 2 atom stereocenters. The molecule has 1 N–H and O–H groups in total. The normalized spacial score (nSPS) is 34.2. The number of hydrogen-bond donors (Lipinski definition) is 1. The lowest BCUT2D eigenvalue weighted by atomic mass is 9.87. The van der Waals surface area contributed by atoms with Crippen LogP contribution >= 0.6 is 0 Å². The van der Waals surface area contributed by atoms with Crippen LogP contribution < -0.4 is 5.32 Å². The van der Waals surface area contributed by atoms with Gasteiger partial charge in [0.05, 0.1) is 5.60 Å². The summed E-state index contributed by atoms with van der Waals surface area (Å²) >= 11 is 0. The van der Waals surface area contributed by atoms with Gasteiger partial charge in [0.1, 0.15) is 0 Å². The molecule has 2 heteroatoms. The zero-order valence-corrected chi connectivity index (χ0v) is 11.9. The predicted molar refractivity (Wildman–Crippen MR) is 74.7 cm³/mol. The van der Waals surface area contributed by atoms with Gasteiger partial charge in [-0.1, -0.05) is 25.7 Å². The molecule has 104 valence electrons. The fourth-order valence-corrected chi connectivity index (χ4v) is 4.50. The second kappa shape index (κ2) is 5.50. The molecule has 3 rings (SSSR count). The molecule has 0 aromatic heterocycles. The zero-order chi connectivity index (χ0) is 12.4. The second-order valence-corrected chi connectivity index (χ2v) is 6.93. The van der Waals surface area contributed by atoms with Crippen LogP contribution in [0.1, 0.15) is 71.1 Å². The van der Waals surface area contributed by atoms with Crippen molar-refractivity contribution in [3.8, 4) is 0 Å². The summed E-state index contributed by atoms with van der Waals surface area (Å²) in [5.74, 6) is 0.937. The number of hydrogen-bond acceptors (Lipinski definition) is 2. The highest BCUT2D eigenvalue weighted by Crippen LogP contribution is 2.40. The first-order chi connectivity index (χ1) is 8.77. The van der Waals surface area contributed by atoms with Crippen LogP contribution in [0.15, 0.2) is 0 Å². The van der Waals surface area contributed by atoms with Crippen molar-refractivity contribution in [2.24, 2.45) is 5.92 Å². The van der Waals surface area contributed by atoms with Gasteiger partial charge < -0.3 is 10.1 Å². The molecule has 1 aliphatic heterocycles. The Labute approximate surface area is 112 Å². The van der Waals surface area contributed by atoms with E-state index in [-0.39, 0.29) is 5.60 Å². The summed E-state index contributed by atoms with van der Waals surface area (Å²) in [4.78, 5) is 0. The van der Waals surface area contributed by atoms with Crippen LogP contribution in [-0.2, 0) is 4.74 Å². The van der Waals surface area contributed by atoms with Gasteiger partial charge in [0.15, 0.2) is 0 Å². The maximum absolute atomic E-state index is 6.12. The molecule has 1 saturated heterocycles. The monoisotopic (exact) mass is 251 g/mol. The largest absolute Gasteiger partial charge is 0.375 e. The molecular formula is C16H29NO. The molecule has 3 aliphatic rings. The highest BCUT2D eigenvalue weighted by molar-refractivity contribution is 4.94. The molecule has 1 heterocycles. The van der Waals surface area contributed by atoms with E-state index in [0.717, 1.165) is 12.5 Å². The molecule has 2 aliphatic carbocycles. The Hall–Kier alpha value is -0.0800. The first-order valence-corrected chi connectivity index (χ1v) is 8.17. The van der Waals surface area contributed by atoms with Gasteiger partial charge in [-0.05, 0) is 51.4 Å². The molecule has 2 saturated carbocycles. The van der Waals surface area contributed by atoms with Gasteiger partial charge in [0, 0.05) is 18.7 Å². The fraction of sp³-hybridized carbons (Fsp3) is 1.00. The Morgan fingerprint density at radius 2 is 1.78 bits per heavy atom. The van der Waals surface area contributed by atoms with Crippen LogP contribution in [-0.4, -0.2) is 24.3 Å². The summed E-state index contributed by atoms with van der Waals surface area (Å²) < 4.78 is 6.12. The van der Waals surface area contributed by atoms with Crippen molar-refractivity contribution >= 4 is 0 Å². The van der Waals surface area contributed by atoms with Crippen molar-refractivity contribution < 1.29 is 4.74 Å². The summed E-state index contributed by atoms with van der Waals surface area (Å²) in [5, 5.41) is 3.93. The fourth-order valence-electron chi connectivity index (χ4n) is 4.50. The van der Waals surface area contributed by atoms with Gasteiger partial charge in [0.25, 0.3) is 0 Å². The van der Waals surface area contributed by atoms with E-state index in [1.807, 2.05) is 0 Å². The Balaban J connectivity index is 1.52. The lowest BCUT2D eigenvalue weighted by Gasteiger charge is -2.40. The van der Waals surface area contributed by atoms with E-state index in [9.17, 15) is 0 Å². The minimum atomic E-state index is 0.269. The molecule has 0 amide bonds. The third-order valence-electron chi connectivity index (χ3n) is 5.61. The SMILES string of the molecule is CC(NC1CCOC2(CCCC2)C1)C1CCCC1. The van der Waals surface area contributed by atoms with Gasteiger partial charge in [-0.3, -0.25) is 0 Å². The number of nitrogens with one attached hydrogen (secondary N) is 1. The Kier molecular flexibility index (Phi) is 3.95. The standard InChI is InChI=1S/C16H29NO/c1-13(14-6-2-3-7-14)17-15-8-11-18-16(12-15)9-4-5-10-16/h13-15,17H,2-12H2,1H3. The van der Waals surface area contributed by atoms with Gasteiger partial charge in [-0.2, -0.15) is 0 Å². The van der Waals surface area contributed by atoms with Gasteiger partial charge >= 0.3 is 0 Å². The van der Waals surface area contributed by atoms with Gasteiger partial charge in [-0.15, -0.1) is 0 Å². The van der Waals surface area contributed by atoms with Crippen LogP contribution in [0.5, 0.6) is 0 Å². The van der Waals surface area contributed by atoms with E-state index >= 15 is 0 Å². The van der Waals surface area contributed by atoms with E-state index in [2.05, 4.69) is 12.2 Å². The predicted octanol–water partition coefficient (Wildman–Crippen LogP) is 3.65. The molecule has 0 radical (unpaired) electrons. The van der Waals surface area contributed by atoms with Crippen molar-refractivity contribution in [3.63, 3.8) is 0 Å². The Bertz CT molecular complexity index is 266. The quantitative estimate of drug-likeness (QED) is 0.826. The van der Waals surface area contributed by atoms with Crippen molar-refractivity contribution in [2.45, 2.75) is 88.8 Å². The van der Waals surface area contributed by atoms with E-state index in [4.69, 9.17) is 4.74 Å². The molecule has 2 unspecified atom stereocenters. The first kappa shape index (κ1) is 12.9. The maximum atomic E-state index is 6.12. The third kappa shape index (κ3) is 2.75. The van der Waals surface area contributed by atoms with Crippen LogP contribution in [0.25, 0.3) is 0 Å². The zero-order valence-electron chi connectivity index (χ0n) is 11.9. The van der Waals surface area contributed by atoms with E-state index in [1.165, 1.54) is 64.2 Å². The van der Waals surface area contributed by atoms with Gasteiger partial charge in [0.2, 0.25) is 0 Å². The summed E-state index contributed by atoms with van der Waals surface area (Å²) in [6, 6.07) is 1.43. The average Bonchev–Trinajstić information content (AvgIpc) is 3.01. The topological polar surface area (TPSA) is 21.3 Å². The van der Waals surface area contributed by atoms with E-state index < -0.39 is 0 Å². The van der Waals surface area contributed by atoms with E-state index in [1.54, 1.807) is 0 Å². The summed E-state index contributed by atoms with van der Waals surface area (Å²) in [6.07, 6.45) is 13.7. The maximum Gasteiger partial charge on any atom is 0.0697 e. The number of rotatable bonds is 3.